The standard InChI is InChI=1S/C17H9F4N5O3/c18-9-3-8(7-22)4-11(5-9)29-14-15(17(19,20)21)23-12(24-16(14)28)6-10-1-2-13(27)26-25-10/h1-5H,6H2,(H,26,27)(H,23,24,28). The van der Waals surface area contributed by atoms with E-state index in [-0.39, 0.29) is 23.5 Å². The Morgan fingerprint density at radius 1 is 1.17 bits per heavy atom. The van der Waals surface area contributed by atoms with E-state index in [2.05, 4.69) is 20.2 Å². The van der Waals surface area contributed by atoms with Gasteiger partial charge in [-0.2, -0.15) is 23.5 Å². The molecule has 0 aliphatic heterocycles. The molecule has 0 unspecified atom stereocenters. The van der Waals surface area contributed by atoms with Crippen LogP contribution in [-0.2, 0) is 12.6 Å². The van der Waals surface area contributed by atoms with Gasteiger partial charge < -0.3 is 9.72 Å². The van der Waals surface area contributed by atoms with E-state index in [9.17, 15) is 27.2 Å². The van der Waals surface area contributed by atoms with Crippen LogP contribution < -0.4 is 15.9 Å². The zero-order valence-electron chi connectivity index (χ0n) is 14.2. The lowest BCUT2D eigenvalue weighted by Crippen LogP contribution is -2.22. The number of H-pyrrole nitrogens is 2. The Morgan fingerprint density at radius 2 is 1.93 bits per heavy atom. The highest BCUT2D eigenvalue weighted by Crippen LogP contribution is 2.35. The number of hydrogen-bond donors (Lipinski definition) is 2. The smallest absolute Gasteiger partial charge is 0.437 e. The molecule has 0 bridgehead atoms. The Labute approximate surface area is 158 Å². The average Bonchev–Trinajstić information content (AvgIpc) is 2.64. The number of halogens is 4. The van der Waals surface area contributed by atoms with Gasteiger partial charge in [0.2, 0.25) is 5.75 Å². The van der Waals surface area contributed by atoms with Gasteiger partial charge in [0, 0.05) is 18.6 Å². The first-order valence-corrected chi connectivity index (χ1v) is 7.79. The number of nitrogens with one attached hydrogen (secondary N) is 2. The van der Waals surface area contributed by atoms with Crippen LogP contribution >= 0.6 is 0 Å². The number of rotatable bonds is 4. The molecule has 148 valence electrons. The third-order valence-electron chi connectivity index (χ3n) is 3.50. The predicted octanol–water partition coefficient (Wildman–Crippen LogP) is 2.27. The maximum atomic E-state index is 13.5. The van der Waals surface area contributed by atoms with E-state index in [1.807, 2.05) is 0 Å². The van der Waals surface area contributed by atoms with E-state index in [0.29, 0.717) is 0 Å². The molecule has 0 saturated carbocycles. The summed E-state index contributed by atoms with van der Waals surface area (Å²) in [5, 5.41) is 14.6. The summed E-state index contributed by atoms with van der Waals surface area (Å²) in [4.78, 5) is 28.8. The largest absolute Gasteiger partial charge is 0.449 e. The highest BCUT2D eigenvalue weighted by Gasteiger charge is 2.39. The summed E-state index contributed by atoms with van der Waals surface area (Å²) < 4.78 is 58.8. The van der Waals surface area contributed by atoms with Crippen molar-refractivity contribution in [1.29, 1.82) is 5.26 Å². The molecule has 1 aromatic carbocycles. The molecule has 0 aliphatic rings. The molecule has 0 spiro atoms. The first-order chi connectivity index (χ1) is 13.7. The van der Waals surface area contributed by atoms with Crippen molar-refractivity contribution in [2.75, 3.05) is 0 Å². The van der Waals surface area contributed by atoms with E-state index < -0.39 is 40.3 Å². The number of nitrogens with zero attached hydrogens (tertiary/aromatic N) is 3. The van der Waals surface area contributed by atoms with Crippen molar-refractivity contribution in [3.8, 4) is 17.6 Å². The van der Waals surface area contributed by atoms with E-state index in [4.69, 9.17) is 10.00 Å². The zero-order valence-corrected chi connectivity index (χ0v) is 14.2. The van der Waals surface area contributed by atoms with Gasteiger partial charge in [-0.3, -0.25) is 9.59 Å². The van der Waals surface area contributed by atoms with Gasteiger partial charge in [-0.15, -0.1) is 0 Å². The summed E-state index contributed by atoms with van der Waals surface area (Å²) in [6.07, 6.45) is -5.38. The van der Waals surface area contributed by atoms with Crippen LogP contribution in [0.1, 0.15) is 22.8 Å². The third-order valence-corrected chi connectivity index (χ3v) is 3.50. The first kappa shape index (κ1) is 19.7. The Kier molecular flexibility index (Phi) is 5.14. The van der Waals surface area contributed by atoms with Crippen molar-refractivity contribution in [3.05, 3.63) is 79.6 Å². The number of hydrogen-bond acceptors (Lipinski definition) is 6. The second-order valence-corrected chi connectivity index (χ2v) is 5.67. The minimum atomic E-state index is -5.07. The van der Waals surface area contributed by atoms with Crippen LogP contribution in [0.4, 0.5) is 17.6 Å². The molecule has 3 aromatic rings. The summed E-state index contributed by atoms with van der Waals surface area (Å²) in [6, 6.07) is 6.53. The van der Waals surface area contributed by atoms with Crippen LogP contribution in [-0.4, -0.2) is 20.2 Å². The molecule has 0 fully saturated rings. The molecule has 2 N–H and O–H groups in total. The SMILES string of the molecule is N#Cc1cc(F)cc(Oc2c(C(F)(F)F)nc(Cc3ccc(=O)[nH]n3)[nH]c2=O)c1. The van der Waals surface area contributed by atoms with Crippen LogP contribution in [0.25, 0.3) is 0 Å². The number of nitriles is 1. The monoisotopic (exact) mass is 407 g/mol. The van der Waals surface area contributed by atoms with Crippen molar-refractivity contribution in [2.45, 2.75) is 12.6 Å². The lowest BCUT2D eigenvalue weighted by Gasteiger charge is -2.13. The maximum absolute atomic E-state index is 13.5. The number of ether oxygens (including phenoxy) is 1. The first-order valence-electron chi connectivity index (χ1n) is 7.79. The Balaban J connectivity index is 2.04. The van der Waals surface area contributed by atoms with Gasteiger partial charge in [0.1, 0.15) is 17.4 Å². The van der Waals surface area contributed by atoms with Crippen LogP contribution in [0.15, 0.2) is 39.9 Å². The van der Waals surface area contributed by atoms with Gasteiger partial charge in [-0.1, -0.05) is 0 Å². The van der Waals surface area contributed by atoms with Crippen LogP contribution in [0.2, 0.25) is 0 Å². The van der Waals surface area contributed by atoms with Gasteiger partial charge >= 0.3 is 6.18 Å². The van der Waals surface area contributed by atoms with Crippen molar-refractivity contribution in [2.24, 2.45) is 0 Å². The predicted molar refractivity (Wildman–Crippen MR) is 88.7 cm³/mol. The quantitative estimate of drug-likeness (QED) is 0.640. The summed E-state index contributed by atoms with van der Waals surface area (Å²) in [5.74, 6) is -3.00. The van der Waals surface area contributed by atoms with Crippen LogP contribution in [0.3, 0.4) is 0 Å². The van der Waals surface area contributed by atoms with Gasteiger partial charge in [0.15, 0.2) is 5.69 Å². The minimum Gasteiger partial charge on any atom is -0.449 e. The molecule has 0 radical (unpaired) electrons. The second kappa shape index (κ2) is 7.55. The normalized spacial score (nSPS) is 11.1. The van der Waals surface area contributed by atoms with Crippen molar-refractivity contribution in [1.82, 2.24) is 20.2 Å². The van der Waals surface area contributed by atoms with E-state index in [1.54, 1.807) is 6.07 Å². The fourth-order valence-corrected chi connectivity index (χ4v) is 2.33. The topological polar surface area (TPSA) is 125 Å². The fourth-order valence-electron chi connectivity index (χ4n) is 2.33. The summed E-state index contributed by atoms with van der Waals surface area (Å²) in [6.45, 7) is 0. The summed E-state index contributed by atoms with van der Waals surface area (Å²) in [7, 11) is 0. The molecule has 8 nitrogen and oxygen atoms in total. The summed E-state index contributed by atoms with van der Waals surface area (Å²) in [5.41, 5.74) is -3.48. The number of benzene rings is 1. The van der Waals surface area contributed by atoms with Crippen molar-refractivity contribution >= 4 is 0 Å². The maximum Gasteiger partial charge on any atom is 0.437 e. The molecular weight excluding hydrogens is 398 g/mol. The zero-order chi connectivity index (χ0) is 21.2. The van der Waals surface area contributed by atoms with Gasteiger partial charge in [-0.25, -0.2) is 14.5 Å². The van der Waals surface area contributed by atoms with Crippen molar-refractivity contribution in [3.63, 3.8) is 0 Å². The molecule has 0 aliphatic carbocycles. The fraction of sp³-hybridized carbons (Fsp3) is 0.118. The van der Waals surface area contributed by atoms with Crippen molar-refractivity contribution < 1.29 is 22.3 Å². The molecule has 12 heteroatoms. The highest BCUT2D eigenvalue weighted by molar-refractivity contribution is 5.40. The van der Waals surface area contributed by atoms with Gasteiger partial charge in [0.25, 0.3) is 11.1 Å². The summed E-state index contributed by atoms with van der Waals surface area (Å²) >= 11 is 0. The highest BCUT2D eigenvalue weighted by atomic mass is 19.4. The lowest BCUT2D eigenvalue weighted by atomic mass is 10.2. The van der Waals surface area contributed by atoms with Gasteiger partial charge in [0.05, 0.1) is 17.3 Å². The van der Waals surface area contributed by atoms with Crippen LogP contribution in [0.5, 0.6) is 11.5 Å². The average molecular weight is 407 g/mol. The Bertz CT molecular complexity index is 1210. The molecular formula is C17H9F4N5O3. The molecule has 2 heterocycles. The van der Waals surface area contributed by atoms with Crippen LogP contribution in [0, 0.1) is 17.1 Å². The van der Waals surface area contributed by atoms with E-state index in [0.717, 1.165) is 24.3 Å². The molecule has 0 atom stereocenters. The van der Waals surface area contributed by atoms with E-state index >= 15 is 0 Å². The minimum absolute atomic E-state index is 0.151. The van der Waals surface area contributed by atoms with Gasteiger partial charge in [-0.05, 0) is 18.2 Å². The number of aromatic amines is 2. The number of alkyl halides is 3. The molecule has 3 rings (SSSR count). The number of aromatic nitrogens is 4. The molecule has 29 heavy (non-hydrogen) atoms. The molecule has 2 aromatic heterocycles. The molecule has 0 amide bonds. The molecule has 0 saturated heterocycles. The van der Waals surface area contributed by atoms with E-state index in [1.165, 1.54) is 6.07 Å². The lowest BCUT2D eigenvalue weighted by molar-refractivity contribution is -0.142. The Morgan fingerprint density at radius 3 is 2.55 bits per heavy atom. The Hall–Kier alpha value is -4.01. The third kappa shape index (κ3) is 4.64. The second-order valence-electron chi connectivity index (χ2n) is 5.67.